The van der Waals surface area contributed by atoms with E-state index in [9.17, 15) is 0 Å². The Hall–Kier alpha value is 0.290. The van der Waals surface area contributed by atoms with Gasteiger partial charge in [-0.15, -0.1) is 11.6 Å². The van der Waals surface area contributed by atoms with E-state index in [2.05, 4.69) is 27.7 Å². The molecule has 0 N–H and O–H groups in total. The second-order valence-electron chi connectivity index (χ2n) is 3.66. The van der Waals surface area contributed by atoms with E-state index in [0.717, 1.165) is 6.42 Å². The van der Waals surface area contributed by atoms with Crippen molar-refractivity contribution >= 4 is 11.6 Å². The largest absolute Gasteiger partial charge is 0.118 e. The molecule has 0 aromatic rings. The van der Waals surface area contributed by atoms with Crippen molar-refractivity contribution in [2.24, 2.45) is 11.3 Å². The van der Waals surface area contributed by atoms with Crippen LogP contribution in [0.4, 0.5) is 0 Å². The van der Waals surface area contributed by atoms with Crippen molar-refractivity contribution in [2.45, 2.75) is 39.0 Å². The minimum atomic E-state index is 0.118. The molecule has 0 saturated heterocycles. The smallest absolute Gasteiger partial charge is 0.0529 e. The molecule has 1 rings (SSSR count). The number of alkyl halides is 1. The SMILES string of the molecule is CCC1(Cl)C(C)C1(C)C. The first-order valence-corrected chi connectivity index (χ1v) is 4.03. The van der Waals surface area contributed by atoms with Crippen LogP contribution in [0.15, 0.2) is 0 Å². The molecule has 1 aliphatic rings. The van der Waals surface area contributed by atoms with Gasteiger partial charge in [0.15, 0.2) is 0 Å². The average molecular weight is 147 g/mol. The maximum Gasteiger partial charge on any atom is 0.0529 e. The number of hydrogen-bond donors (Lipinski definition) is 0. The Bertz CT molecular complexity index is 129. The molecule has 1 saturated carbocycles. The van der Waals surface area contributed by atoms with Crippen LogP contribution in [0.2, 0.25) is 0 Å². The highest BCUT2D eigenvalue weighted by molar-refractivity contribution is 6.27. The Morgan fingerprint density at radius 2 is 1.78 bits per heavy atom. The van der Waals surface area contributed by atoms with Gasteiger partial charge in [-0.25, -0.2) is 0 Å². The van der Waals surface area contributed by atoms with E-state index >= 15 is 0 Å². The molecule has 2 unspecified atom stereocenters. The molecule has 1 fully saturated rings. The monoisotopic (exact) mass is 146 g/mol. The van der Waals surface area contributed by atoms with Crippen molar-refractivity contribution in [1.29, 1.82) is 0 Å². The second-order valence-corrected chi connectivity index (χ2v) is 4.33. The number of halogens is 1. The minimum Gasteiger partial charge on any atom is -0.118 e. The summed E-state index contributed by atoms with van der Waals surface area (Å²) >= 11 is 6.27. The highest BCUT2D eigenvalue weighted by Gasteiger charge is 2.66. The summed E-state index contributed by atoms with van der Waals surface area (Å²) < 4.78 is 0. The Labute approximate surface area is 62.6 Å². The lowest BCUT2D eigenvalue weighted by Gasteiger charge is -2.06. The van der Waals surface area contributed by atoms with E-state index in [1.807, 2.05) is 0 Å². The van der Waals surface area contributed by atoms with Crippen LogP contribution in [0.3, 0.4) is 0 Å². The van der Waals surface area contributed by atoms with Crippen LogP contribution in [0, 0.1) is 11.3 Å². The fourth-order valence-electron chi connectivity index (χ4n) is 1.83. The summed E-state index contributed by atoms with van der Waals surface area (Å²) in [5.74, 6) is 0.691. The number of hydrogen-bond acceptors (Lipinski definition) is 0. The molecule has 9 heavy (non-hydrogen) atoms. The summed E-state index contributed by atoms with van der Waals surface area (Å²) in [4.78, 5) is 0.118. The summed E-state index contributed by atoms with van der Waals surface area (Å²) in [6.07, 6.45) is 1.10. The lowest BCUT2D eigenvalue weighted by molar-refractivity contribution is 0.551. The standard InChI is InChI=1S/C8H15Cl/c1-5-8(9)6(2)7(8,3)4/h6H,5H2,1-4H3. The molecule has 2 atom stereocenters. The molecule has 0 bridgehead atoms. The first kappa shape index (κ1) is 7.40. The average Bonchev–Trinajstić information content (AvgIpc) is 2.16. The molecule has 0 aliphatic heterocycles. The maximum atomic E-state index is 6.27. The van der Waals surface area contributed by atoms with Gasteiger partial charge in [0.2, 0.25) is 0 Å². The van der Waals surface area contributed by atoms with Gasteiger partial charge < -0.3 is 0 Å². The molecule has 0 radical (unpaired) electrons. The predicted molar refractivity (Wildman–Crippen MR) is 41.8 cm³/mol. The van der Waals surface area contributed by atoms with Crippen LogP contribution in [0.25, 0.3) is 0 Å². The Kier molecular flexibility index (Phi) is 1.36. The van der Waals surface area contributed by atoms with Crippen molar-refractivity contribution in [3.05, 3.63) is 0 Å². The van der Waals surface area contributed by atoms with Crippen LogP contribution in [0.1, 0.15) is 34.1 Å². The zero-order valence-corrected chi connectivity index (χ0v) is 7.42. The third-order valence-electron chi connectivity index (χ3n) is 3.27. The maximum absolute atomic E-state index is 6.27. The van der Waals surface area contributed by atoms with Crippen LogP contribution in [-0.4, -0.2) is 4.87 Å². The lowest BCUT2D eigenvalue weighted by Crippen LogP contribution is -2.05. The van der Waals surface area contributed by atoms with E-state index in [4.69, 9.17) is 11.6 Å². The topological polar surface area (TPSA) is 0 Å². The van der Waals surface area contributed by atoms with Crippen molar-refractivity contribution in [2.75, 3.05) is 0 Å². The summed E-state index contributed by atoms with van der Waals surface area (Å²) in [5, 5.41) is 0. The van der Waals surface area contributed by atoms with E-state index in [1.165, 1.54) is 0 Å². The van der Waals surface area contributed by atoms with Crippen molar-refractivity contribution in [1.82, 2.24) is 0 Å². The Morgan fingerprint density at radius 3 is 1.78 bits per heavy atom. The summed E-state index contributed by atoms with van der Waals surface area (Å²) in [6, 6.07) is 0. The van der Waals surface area contributed by atoms with Gasteiger partial charge >= 0.3 is 0 Å². The lowest BCUT2D eigenvalue weighted by atomic mass is 10.1. The molecule has 1 heteroatoms. The molecular weight excluding hydrogens is 132 g/mol. The molecule has 0 amide bonds. The molecule has 0 spiro atoms. The summed E-state index contributed by atoms with van der Waals surface area (Å²) in [6.45, 7) is 8.89. The van der Waals surface area contributed by atoms with Crippen LogP contribution >= 0.6 is 11.6 Å². The molecular formula is C8H15Cl. The summed E-state index contributed by atoms with van der Waals surface area (Å²) in [7, 11) is 0. The zero-order chi connectivity index (χ0) is 7.28. The third-order valence-corrected chi connectivity index (χ3v) is 4.35. The van der Waals surface area contributed by atoms with Crippen molar-refractivity contribution in [3.63, 3.8) is 0 Å². The van der Waals surface area contributed by atoms with Gasteiger partial charge in [-0.2, -0.15) is 0 Å². The normalized spacial score (nSPS) is 47.0. The molecule has 0 aromatic heterocycles. The molecule has 0 heterocycles. The highest BCUT2D eigenvalue weighted by atomic mass is 35.5. The number of rotatable bonds is 1. The van der Waals surface area contributed by atoms with Gasteiger partial charge in [-0.05, 0) is 17.8 Å². The fourth-order valence-corrected chi connectivity index (χ4v) is 2.21. The van der Waals surface area contributed by atoms with Crippen LogP contribution < -0.4 is 0 Å². The quantitative estimate of drug-likeness (QED) is 0.499. The van der Waals surface area contributed by atoms with Gasteiger partial charge in [0.05, 0.1) is 4.87 Å². The molecule has 54 valence electrons. The fraction of sp³-hybridized carbons (Fsp3) is 1.00. The second kappa shape index (κ2) is 1.66. The first-order chi connectivity index (χ1) is 3.97. The van der Waals surface area contributed by atoms with E-state index in [-0.39, 0.29) is 4.87 Å². The zero-order valence-electron chi connectivity index (χ0n) is 6.66. The van der Waals surface area contributed by atoms with Gasteiger partial charge in [0, 0.05) is 0 Å². The molecule has 0 aromatic carbocycles. The summed E-state index contributed by atoms with van der Waals surface area (Å²) in [5.41, 5.74) is 0.378. The van der Waals surface area contributed by atoms with Crippen molar-refractivity contribution in [3.8, 4) is 0 Å². The van der Waals surface area contributed by atoms with E-state index < -0.39 is 0 Å². The van der Waals surface area contributed by atoms with E-state index in [0.29, 0.717) is 11.3 Å². The van der Waals surface area contributed by atoms with Gasteiger partial charge in [0.1, 0.15) is 0 Å². The van der Waals surface area contributed by atoms with Crippen LogP contribution in [0.5, 0.6) is 0 Å². The highest BCUT2D eigenvalue weighted by Crippen LogP contribution is 2.67. The third kappa shape index (κ3) is 0.660. The van der Waals surface area contributed by atoms with Crippen LogP contribution in [-0.2, 0) is 0 Å². The first-order valence-electron chi connectivity index (χ1n) is 3.65. The molecule has 1 aliphatic carbocycles. The van der Waals surface area contributed by atoms with Crippen molar-refractivity contribution < 1.29 is 0 Å². The predicted octanol–water partition coefficient (Wildman–Crippen LogP) is 3.05. The minimum absolute atomic E-state index is 0.118. The van der Waals surface area contributed by atoms with Gasteiger partial charge in [0.25, 0.3) is 0 Å². The van der Waals surface area contributed by atoms with E-state index in [1.54, 1.807) is 0 Å². The Morgan fingerprint density at radius 1 is 1.44 bits per heavy atom. The van der Waals surface area contributed by atoms with Gasteiger partial charge in [-0.3, -0.25) is 0 Å². The van der Waals surface area contributed by atoms with Gasteiger partial charge in [-0.1, -0.05) is 27.7 Å². The molecule has 0 nitrogen and oxygen atoms in total. The Balaban J connectivity index is 2.70.